The number of benzene rings is 4. The van der Waals surface area contributed by atoms with Crippen LogP contribution in [0.1, 0.15) is 22.8 Å². The Morgan fingerprint density at radius 3 is 2.24 bits per heavy atom. The summed E-state index contributed by atoms with van der Waals surface area (Å²) in [6.45, 7) is 5.62. The van der Waals surface area contributed by atoms with Gasteiger partial charge in [-0.05, 0) is 66.6 Å². The number of hydrogen-bond acceptors (Lipinski definition) is 4. The zero-order valence-corrected chi connectivity index (χ0v) is 22.2. The molecule has 4 aromatic rings. The van der Waals surface area contributed by atoms with E-state index in [2.05, 4.69) is 35.2 Å². The molecular weight excluding hydrogens is 496 g/mol. The lowest BCUT2D eigenvalue weighted by Crippen LogP contribution is -2.48. The van der Waals surface area contributed by atoms with Crippen molar-refractivity contribution < 1.29 is 14.3 Å². The summed E-state index contributed by atoms with van der Waals surface area (Å²) < 4.78 is 11.9. The molecular formula is C32H31ClN2O3. The van der Waals surface area contributed by atoms with E-state index in [1.807, 2.05) is 78.6 Å². The van der Waals surface area contributed by atoms with Gasteiger partial charge in [-0.3, -0.25) is 4.79 Å². The van der Waals surface area contributed by atoms with Gasteiger partial charge >= 0.3 is 0 Å². The quantitative estimate of drug-likeness (QED) is 0.249. The van der Waals surface area contributed by atoms with Crippen LogP contribution < -0.4 is 14.4 Å². The first kappa shape index (κ1) is 25.7. The van der Waals surface area contributed by atoms with Gasteiger partial charge in [-0.1, -0.05) is 60.1 Å². The van der Waals surface area contributed by atoms with Crippen molar-refractivity contribution in [3.63, 3.8) is 0 Å². The van der Waals surface area contributed by atoms with E-state index in [1.54, 1.807) is 0 Å². The van der Waals surface area contributed by atoms with Gasteiger partial charge in [-0.25, -0.2) is 0 Å². The number of hydrogen-bond donors (Lipinski definition) is 0. The van der Waals surface area contributed by atoms with Crippen LogP contribution in [-0.4, -0.2) is 43.6 Å². The number of piperazine rings is 1. The third kappa shape index (κ3) is 6.12. The number of amides is 1. The van der Waals surface area contributed by atoms with Gasteiger partial charge in [0.2, 0.25) is 0 Å². The molecule has 5 rings (SSSR count). The van der Waals surface area contributed by atoms with Gasteiger partial charge in [0, 0.05) is 48.0 Å². The molecule has 1 aliphatic heterocycles. The first-order valence-corrected chi connectivity index (χ1v) is 13.3. The molecule has 0 aromatic heterocycles. The van der Waals surface area contributed by atoms with Crippen LogP contribution in [-0.2, 0) is 6.61 Å². The topological polar surface area (TPSA) is 42.0 Å². The normalized spacial score (nSPS) is 13.3. The summed E-state index contributed by atoms with van der Waals surface area (Å²) in [5.74, 6) is 1.52. The van der Waals surface area contributed by atoms with Gasteiger partial charge in [0.25, 0.3) is 5.91 Å². The van der Waals surface area contributed by atoms with Gasteiger partial charge in [-0.15, -0.1) is 0 Å². The minimum atomic E-state index is 0.0206. The third-order valence-electron chi connectivity index (χ3n) is 6.70. The van der Waals surface area contributed by atoms with Crippen LogP contribution in [0.3, 0.4) is 0 Å². The lowest BCUT2D eigenvalue weighted by molar-refractivity contribution is 0.0746. The second kappa shape index (κ2) is 12.1. The summed E-state index contributed by atoms with van der Waals surface area (Å²) in [5, 5.41) is 0.720. The summed E-state index contributed by atoms with van der Waals surface area (Å²) in [6.07, 6.45) is 0. The highest BCUT2D eigenvalue weighted by Crippen LogP contribution is 2.27. The lowest BCUT2D eigenvalue weighted by Gasteiger charge is -2.36. The molecule has 0 aliphatic carbocycles. The molecule has 1 saturated heterocycles. The SMILES string of the molecule is CCOc1ccc(C(=O)N2CCN(c3cccc(Cl)c3)CC2)cc1COc1ccc(-c2ccccc2)cc1. The molecule has 1 aliphatic rings. The number of carbonyl (C=O) groups is 1. The molecule has 0 spiro atoms. The van der Waals surface area contributed by atoms with Crippen LogP contribution in [0.25, 0.3) is 11.1 Å². The van der Waals surface area contributed by atoms with Crippen LogP contribution >= 0.6 is 11.6 Å². The monoisotopic (exact) mass is 526 g/mol. The molecule has 1 fully saturated rings. The molecule has 6 heteroatoms. The summed E-state index contributed by atoms with van der Waals surface area (Å²) in [7, 11) is 0. The van der Waals surface area contributed by atoms with Gasteiger partial charge < -0.3 is 19.3 Å². The number of ether oxygens (including phenoxy) is 2. The molecule has 0 atom stereocenters. The zero-order chi connectivity index (χ0) is 26.3. The minimum Gasteiger partial charge on any atom is -0.493 e. The molecule has 194 valence electrons. The van der Waals surface area contributed by atoms with Crippen LogP contribution in [0.5, 0.6) is 11.5 Å². The lowest BCUT2D eigenvalue weighted by atomic mass is 10.1. The molecule has 1 amide bonds. The molecule has 0 bridgehead atoms. The van der Waals surface area contributed by atoms with E-state index in [0.29, 0.717) is 31.9 Å². The van der Waals surface area contributed by atoms with Crippen LogP contribution in [0, 0.1) is 0 Å². The Kier molecular flexibility index (Phi) is 8.15. The molecule has 1 heterocycles. The zero-order valence-electron chi connectivity index (χ0n) is 21.5. The number of nitrogens with zero attached hydrogens (tertiary/aromatic N) is 2. The minimum absolute atomic E-state index is 0.0206. The highest BCUT2D eigenvalue weighted by molar-refractivity contribution is 6.30. The highest BCUT2D eigenvalue weighted by atomic mass is 35.5. The predicted octanol–water partition coefficient (Wildman–Crippen LogP) is 6.95. The first-order valence-electron chi connectivity index (χ1n) is 12.9. The molecule has 0 N–H and O–H groups in total. The second-order valence-electron chi connectivity index (χ2n) is 9.19. The Morgan fingerprint density at radius 2 is 1.53 bits per heavy atom. The fraction of sp³-hybridized carbons (Fsp3) is 0.219. The average molecular weight is 527 g/mol. The summed E-state index contributed by atoms with van der Waals surface area (Å²) in [6, 6.07) is 31.7. The van der Waals surface area contributed by atoms with E-state index in [1.165, 1.54) is 0 Å². The van der Waals surface area contributed by atoms with E-state index in [4.69, 9.17) is 21.1 Å². The Bertz CT molecular complexity index is 1370. The van der Waals surface area contributed by atoms with Crippen LogP contribution in [0.2, 0.25) is 5.02 Å². The molecule has 4 aromatic carbocycles. The summed E-state index contributed by atoms with van der Waals surface area (Å²) in [4.78, 5) is 17.5. The van der Waals surface area contributed by atoms with E-state index in [9.17, 15) is 4.79 Å². The van der Waals surface area contributed by atoms with E-state index in [0.717, 1.165) is 52.0 Å². The number of anilines is 1. The maximum absolute atomic E-state index is 13.4. The highest BCUT2D eigenvalue weighted by Gasteiger charge is 2.23. The van der Waals surface area contributed by atoms with Crippen molar-refractivity contribution in [2.45, 2.75) is 13.5 Å². The second-order valence-corrected chi connectivity index (χ2v) is 9.63. The largest absolute Gasteiger partial charge is 0.493 e. The summed E-state index contributed by atoms with van der Waals surface area (Å²) in [5.41, 5.74) is 4.88. The molecule has 0 saturated carbocycles. The maximum Gasteiger partial charge on any atom is 0.253 e. The van der Waals surface area contributed by atoms with Gasteiger partial charge in [0.1, 0.15) is 18.1 Å². The van der Waals surface area contributed by atoms with E-state index >= 15 is 0 Å². The van der Waals surface area contributed by atoms with Crippen molar-refractivity contribution in [2.75, 3.05) is 37.7 Å². The number of carbonyl (C=O) groups excluding carboxylic acids is 1. The van der Waals surface area contributed by atoms with Crippen LogP contribution in [0.15, 0.2) is 97.1 Å². The smallest absolute Gasteiger partial charge is 0.253 e. The van der Waals surface area contributed by atoms with Crippen LogP contribution in [0.4, 0.5) is 5.69 Å². The molecule has 38 heavy (non-hydrogen) atoms. The van der Waals surface area contributed by atoms with Crippen molar-refractivity contribution in [2.24, 2.45) is 0 Å². The van der Waals surface area contributed by atoms with E-state index < -0.39 is 0 Å². The maximum atomic E-state index is 13.4. The van der Waals surface area contributed by atoms with Crippen molar-refractivity contribution in [1.82, 2.24) is 4.90 Å². The molecule has 0 unspecified atom stereocenters. The van der Waals surface area contributed by atoms with Gasteiger partial charge in [-0.2, -0.15) is 0 Å². The average Bonchev–Trinajstić information content (AvgIpc) is 2.97. The van der Waals surface area contributed by atoms with Gasteiger partial charge in [0.15, 0.2) is 0 Å². The summed E-state index contributed by atoms with van der Waals surface area (Å²) >= 11 is 6.16. The number of rotatable bonds is 8. The standard InChI is InChI=1S/C32H31ClN2O3/c1-2-37-31-16-13-26(32(36)35-19-17-34(18-20-35)29-10-6-9-28(33)22-29)21-27(31)23-38-30-14-11-25(12-15-30)24-7-4-3-5-8-24/h3-16,21-22H,2,17-20,23H2,1H3. The van der Waals surface area contributed by atoms with Crippen molar-refractivity contribution >= 4 is 23.2 Å². The third-order valence-corrected chi connectivity index (χ3v) is 6.94. The Labute approximate surface area is 229 Å². The Hall–Kier alpha value is -3.96. The van der Waals surface area contributed by atoms with Gasteiger partial charge in [0.05, 0.1) is 6.61 Å². The van der Waals surface area contributed by atoms with Crippen molar-refractivity contribution in [3.8, 4) is 22.6 Å². The van der Waals surface area contributed by atoms with Crippen molar-refractivity contribution in [1.29, 1.82) is 0 Å². The van der Waals surface area contributed by atoms with Crippen molar-refractivity contribution in [3.05, 3.63) is 113 Å². The van der Waals surface area contributed by atoms with E-state index in [-0.39, 0.29) is 5.91 Å². The predicted molar refractivity (Wildman–Crippen MR) is 153 cm³/mol. The fourth-order valence-corrected chi connectivity index (χ4v) is 4.86. The first-order chi connectivity index (χ1) is 18.6. The fourth-order valence-electron chi connectivity index (χ4n) is 4.68. The Balaban J connectivity index is 1.24. The molecule has 0 radical (unpaired) electrons. The number of halogens is 1. The molecule has 5 nitrogen and oxygen atoms in total. The Morgan fingerprint density at radius 1 is 0.789 bits per heavy atom.